The van der Waals surface area contributed by atoms with Crippen molar-refractivity contribution in [3.8, 4) is 10.4 Å². The van der Waals surface area contributed by atoms with Gasteiger partial charge in [0.05, 0.1) is 29.2 Å². The second-order valence-corrected chi connectivity index (χ2v) is 6.85. The summed E-state index contributed by atoms with van der Waals surface area (Å²) in [4.78, 5) is 22.0. The Morgan fingerprint density at radius 2 is 1.96 bits per heavy atom. The molecule has 0 atom stereocenters. The Bertz CT molecular complexity index is 958. The number of non-ortho nitro benzene ring substituents is 1. The van der Waals surface area contributed by atoms with Crippen molar-refractivity contribution in [3.05, 3.63) is 58.5 Å². The number of nitro benzene ring substituents is 1. The molecule has 0 spiro atoms. The van der Waals surface area contributed by atoms with Gasteiger partial charge in [-0.25, -0.2) is 9.98 Å². The summed E-state index contributed by atoms with van der Waals surface area (Å²) in [6, 6.07) is 10.2. The SMILES string of the molecule is O=[N+]([O-])c1ccc(-c2cnc(N=Cc3ccc(N4CCOCC4)o3)s2)cc1. The predicted octanol–water partition coefficient (Wildman–Crippen LogP) is 3.90. The predicted molar refractivity (Wildman–Crippen MR) is 103 cm³/mol. The second-order valence-electron chi connectivity index (χ2n) is 5.84. The van der Waals surface area contributed by atoms with Crippen LogP contribution in [0.25, 0.3) is 10.4 Å². The van der Waals surface area contributed by atoms with Gasteiger partial charge in [-0.2, -0.15) is 0 Å². The van der Waals surface area contributed by atoms with E-state index in [1.54, 1.807) is 24.5 Å². The van der Waals surface area contributed by atoms with E-state index in [-0.39, 0.29) is 5.69 Å². The molecule has 0 N–H and O–H groups in total. The Morgan fingerprint density at radius 3 is 2.70 bits per heavy atom. The monoisotopic (exact) mass is 384 g/mol. The number of thiazole rings is 1. The quantitative estimate of drug-likeness (QED) is 0.376. The maximum Gasteiger partial charge on any atom is 0.269 e. The summed E-state index contributed by atoms with van der Waals surface area (Å²) in [5.41, 5.74) is 0.933. The number of morpholine rings is 1. The standard InChI is InChI=1S/C18H16N4O4S/c23-22(24)14-3-1-13(2-4-14)16-12-20-18(27-16)19-11-15-5-6-17(26-15)21-7-9-25-10-8-21/h1-6,11-12H,7-10H2. The maximum absolute atomic E-state index is 10.7. The number of furan rings is 1. The fraction of sp³-hybridized carbons (Fsp3) is 0.222. The Labute approximate surface area is 158 Å². The lowest BCUT2D eigenvalue weighted by Gasteiger charge is -2.26. The van der Waals surface area contributed by atoms with E-state index in [4.69, 9.17) is 9.15 Å². The number of nitrogens with zero attached hydrogens (tertiary/aromatic N) is 4. The first-order valence-electron chi connectivity index (χ1n) is 8.36. The van der Waals surface area contributed by atoms with Gasteiger partial charge in [-0.05, 0) is 23.8 Å². The number of hydrogen-bond acceptors (Lipinski definition) is 8. The first-order valence-corrected chi connectivity index (χ1v) is 9.18. The van der Waals surface area contributed by atoms with Crippen LogP contribution in [-0.2, 0) is 4.74 Å². The van der Waals surface area contributed by atoms with Gasteiger partial charge in [0.15, 0.2) is 5.88 Å². The van der Waals surface area contributed by atoms with Crippen molar-refractivity contribution in [2.45, 2.75) is 0 Å². The first-order chi connectivity index (χ1) is 13.2. The molecule has 0 amide bonds. The maximum atomic E-state index is 10.7. The highest BCUT2D eigenvalue weighted by atomic mass is 32.1. The van der Waals surface area contributed by atoms with Crippen LogP contribution in [0.5, 0.6) is 0 Å². The van der Waals surface area contributed by atoms with Crippen LogP contribution in [0.1, 0.15) is 5.76 Å². The highest BCUT2D eigenvalue weighted by molar-refractivity contribution is 7.18. The summed E-state index contributed by atoms with van der Waals surface area (Å²) in [5, 5.41) is 11.3. The third kappa shape index (κ3) is 4.04. The molecule has 0 unspecified atom stereocenters. The van der Waals surface area contributed by atoms with E-state index in [9.17, 15) is 10.1 Å². The fourth-order valence-corrected chi connectivity index (χ4v) is 3.46. The van der Waals surface area contributed by atoms with Crippen LogP contribution in [0.15, 0.2) is 52.0 Å². The summed E-state index contributed by atoms with van der Waals surface area (Å²) in [7, 11) is 0. The Kier molecular flexibility index (Phi) is 4.95. The first kappa shape index (κ1) is 17.4. The van der Waals surface area contributed by atoms with Gasteiger partial charge < -0.3 is 14.1 Å². The zero-order valence-corrected chi connectivity index (χ0v) is 15.1. The number of nitro groups is 1. The van der Waals surface area contributed by atoms with Gasteiger partial charge in [-0.3, -0.25) is 10.1 Å². The highest BCUT2D eigenvalue weighted by Gasteiger charge is 2.14. The molecule has 1 aliphatic heterocycles. The van der Waals surface area contributed by atoms with E-state index in [0.717, 1.165) is 29.4 Å². The van der Waals surface area contributed by atoms with Crippen molar-refractivity contribution >= 4 is 34.3 Å². The van der Waals surface area contributed by atoms with Crippen LogP contribution < -0.4 is 4.90 Å². The third-order valence-electron chi connectivity index (χ3n) is 4.09. The average Bonchev–Trinajstić information content (AvgIpc) is 3.37. The molecule has 1 aliphatic rings. The minimum absolute atomic E-state index is 0.0652. The zero-order chi connectivity index (χ0) is 18.6. The zero-order valence-electron chi connectivity index (χ0n) is 14.3. The van der Waals surface area contributed by atoms with Crippen molar-refractivity contribution in [2.75, 3.05) is 31.2 Å². The van der Waals surface area contributed by atoms with Gasteiger partial charge in [-0.15, -0.1) is 0 Å². The van der Waals surface area contributed by atoms with E-state index >= 15 is 0 Å². The normalized spacial score (nSPS) is 14.7. The molecule has 3 aromatic rings. The molecule has 1 aromatic carbocycles. The van der Waals surface area contributed by atoms with Gasteiger partial charge in [-0.1, -0.05) is 11.3 Å². The molecule has 27 heavy (non-hydrogen) atoms. The van der Waals surface area contributed by atoms with Crippen molar-refractivity contribution in [3.63, 3.8) is 0 Å². The summed E-state index contributed by atoms with van der Waals surface area (Å²) in [6.45, 7) is 3.04. The topological polar surface area (TPSA) is 94.0 Å². The van der Waals surface area contributed by atoms with Crippen LogP contribution >= 0.6 is 11.3 Å². The largest absolute Gasteiger partial charge is 0.440 e. The number of rotatable bonds is 5. The number of ether oxygens (including phenoxy) is 1. The smallest absolute Gasteiger partial charge is 0.269 e. The van der Waals surface area contributed by atoms with Gasteiger partial charge in [0.1, 0.15) is 5.76 Å². The summed E-state index contributed by atoms with van der Waals surface area (Å²) < 4.78 is 11.1. The van der Waals surface area contributed by atoms with Crippen LogP contribution in [-0.4, -0.2) is 42.4 Å². The molecule has 8 nitrogen and oxygen atoms in total. The average molecular weight is 384 g/mol. The summed E-state index contributed by atoms with van der Waals surface area (Å²) in [6.07, 6.45) is 3.35. The number of aliphatic imine (C=N–C) groups is 1. The molecular weight excluding hydrogens is 368 g/mol. The Morgan fingerprint density at radius 1 is 1.19 bits per heavy atom. The number of anilines is 1. The van der Waals surface area contributed by atoms with Crippen molar-refractivity contribution in [2.24, 2.45) is 4.99 Å². The molecule has 1 saturated heterocycles. The van der Waals surface area contributed by atoms with Crippen molar-refractivity contribution < 1.29 is 14.1 Å². The van der Waals surface area contributed by atoms with Crippen LogP contribution in [0.4, 0.5) is 16.7 Å². The number of benzene rings is 1. The van der Waals surface area contributed by atoms with Crippen molar-refractivity contribution in [1.82, 2.24) is 4.98 Å². The lowest BCUT2D eigenvalue weighted by molar-refractivity contribution is -0.384. The molecule has 2 aromatic heterocycles. The van der Waals surface area contributed by atoms with Gasteiger partial charge in [0.25, 0.3) is 5.69 Å². The van der Waals surface area contributed by atoms with E-state index in [1.807, 2.05) is 12.1 Å². The second kappa shape index (κ2) is 7.68. The van der Waals surface area contributed by atoms with Gasteiger partial charge in [0.2, 0.25) is 5.13 Å². The Balaban J connectivity index is 1.44. The van der Waals surface area contributed by atoms with Crippen LogP contribution in [0, 0.1) is 10.1 Å². The molecule has 0 bridgehead atoms. The van der Waals surface area contributed by atoms with E-state index in [1.165, 1.54) is 23.5 Å². The highest BCUT2D eigenvalue weighted by Crippen LogP contribution is 2.31. The lowest BCUT2D eigenvalue weighted by Crippen LogP contribution is -2.35. The summed E-state index contributed by atoms with van der Waals surface area (Å²) in [5.74, 6) is 1.47. The van der Waals surface area contributed by atoms with Gasteiger partial charge in [0, 0.05) is 37.5 Å². The minimum Gasteiger partial charge on any atom is -0.440 e. The molecule has 3 heterocycles. The summed E-state index contributed by atoms with van der Waals surface area (Å²) >= 11 is 1.41. The van der Waals surface area contributed by atoms with E-state index in [2.05, 4.69) is 14.9 Å². The molecular formula is C18H16N4O4S. The third-order valence-corrected chi connectivity index (χ3v) is 5.05. The molecule has 0 aliphatic carbocycles. The molecule has 138 valence electrons. The fourth-order valence-electron chi connectivity index (χ4n) is 2.69. The molecule has 0 radical (unpaired) electrons. The van der Waals surface area contributed by atoms with Crippen LogP contribution in [0.2, 0.25) is 0 Å². The molecule has 1 fully saturated rings. The Hall–Kier alpha value is -3.04. The van der Waals surface area contributed by atoms with E-state index < -0.39 is 4.92 Å². The molecule has 4 rings (SSSR count). The minimum atomic E-state index is -0.416. The number of hydrogen-bond donors (Lipinski definition) is 0. The molecule has 9 heteroatoms. The van der Waals surface area contributed by atoms with E-state index in [0.29, 0.717) is 24.1 Å². The van der Waals surface area contributed by atoms with Crippen molar-refractivity contribution in [1.29, 1.82) is 0 Å². The molecule has 0 saturated carbocycles. The lowest BCUT2D eigenvalue weighted by atomic mass is 10.2. The van der Waals surface area contributed by atoms with Crippen LogP contribution in [0.3, 0.4) is 0 Å². The van der Waals surface area contributed by atoms with Gasteiger partial charge >= 0.3 is 0 Å². The number of aromatic nitrogens is 1.